The van der Waals surface area contributed by atoms with Gasteiger partial charge in [0.2, 0.25) is 0 Å². The third-order valence-electron chi connectivity index (χ3n) is 3.26. The summed E-state index contributed by atoms with van der Waals surface area (Å²) >= 11 is 0. The van der Waals surface area contributed by atoms with Gasteiger partial charge >= 0.3 is 0 Å². The molecule has 0 spiro atoms. The molecule has 0 saturated carbocycles. The lowest BCUT2D eigenvalue weighted by atomic mass is 10.0. The molecule has 2 atom stereocenters. The van der Waals surface area contributed by atoms with Crippen molar-refractivity contribution >= 4 is 0 Å². The number of ether oxygens (including phenoxy) is 1. The van der Waals surface area contributed by atoms with Crippen LogP contribution in [0.15, 0.2) is 24.3 Å². The van der Waals surface area contributed by atoms with Gasteiger partial charge in [0, 0.05) is 18.7 Å². The van der Waals surface area contributed by atoms with Crippen LogP contribution < -0.4 is 5.32 Å². The summed E-state index contributed by atoms with van der Waals surface area (Å²) in [6.07, 6.45) is 2.20. The Morgan fingerprint density at radius 3 is 2.28 bits per heavy atom. The van der Waals surface area contributed by atoms with Crippen LogP contribution in [-0.4, -0.2) is 19.3 Å². The van der Waals surface area contributed by atoms with E-state index in [4.69, 9.17) is 4.74 Å². The Hall–Kier alpha value is -0.860. The van der Waals surface area contributed by atoms with Crippen LogP contribution in [0.25, 0.3) is 0 Å². The number of hydrogen-bond donors (Lipinski definition) is 1. The van der Waals surface area contributed by atoms with Crippen molar-refractivity contribution in [1.29, 1.82) is 0 Å². The topological polar surface area (TPSA) is 21.3 Å². The monoisotopic (exact) mass is 249 g/mol. The van der Waals surface area contributed by atoms with E-state index in [0.717, 1.165) is 26.1 Å². The maximum absolute atomic E-state index is 5.45. The fourth-order valence-electron chi connectivity index (χ4n) is 2.12. The molecule has 0 aromatic heterocycles. The summed E-state index contributed by atoms with van der Waals surface area (Å²) in [5, 5.41) is 3.63. The van der Waals surface area contributed by atoms with Crippen molar-refractivity contribution < 1.29 is 4.74 Å². The summed E-state index contributed by atoms with van der Waals surface area (Å²) < 4.78 is 5.45. The van der Waals surface area contributed by atoms with Crippen molar-refractivity contribution in [1.82, 2.24) is 5.32 Å². The lowest BCUT2D eigenvalue weighted by Gasteiger charge is -2.22. The number of hydrogen-bond acceptors (Lipinski definition) is 2. The van der Waals surface area contributed by atoms with E-state index in [2.05, 4.69) is 50.4 Å². The maximum Gasteiger partial charge on any atom is 0.0616 e. The van der Waals surface area contributed by atoms with Gasteiger partial charge in [0.25, 0.3) is 0 Å². The van der Waals surface area contributed by atoms with Crippen LogP contribution >= 0.6 is 0 Å². The number of nitrogens with one attached hydrogen (secondary N) is 1. The van der Waals surface area contributed by atoms with Crippen molar-refractivity contribution in [2.45, 2.75) is 52.6 Å². The van der Waals surface area contributed by atoms with Gasteiger partial charge in [-0.3, -0.25) is 0 Å². The Labute approximate surface area is 112 Å². The Balaban J connectivity index is 2.58. The SMILES string of the molecule is CCOCC(C)NC(CC)c1ccc(CC)cc1. The fourth-order valence-corrected chi connectivity index (χ4v) is 2.12. The van der Waals surface area contributed by atoms with Gasteiger partial charge in [-0.15, -0.1) is 0 Å². The van der Waals surface area contributed by atoms with Crippen LogP contribution in [-0.2, 0) is 11.2 Å². The van der Waals surface area contributed by atoms with Crippen LogP contribution in [0.3, 0.4) is 0 Å². The van der Waals surface area contributed by atoms with E-state index >= 15 is 0 Å². The minimum absolute atomic E-state index is 0.390. The van der Waals surface area contributed by atoms with Crippen molar-refractivity contribution in [2.24, 2.45) is 0 Å². The largest absolute Gasteiger partial charge is 0.380 e. The Morgan fingerprint density at radius 2 is 1.78 bits per heavy atom. The molecule has 2 heteroatoms. The van der Waals surface area contributed by atoms with Gasteiger partial charge in [-0.25, -0.2) is 0 Å². The fraction of sp³-hybridized carbons (Fsp3) is 0.625. The molecule has 0 heterocycles. The Bertz CT molecular complexity index is 320. The van der Waals surface area contributed by atoms with Crippen molar-refractivity contribution in [3.05, 3.63) is 35.4 Å². The van der Waals surface area contributed by atoms with Crippen LogP contribution in [0.1, 0.15) is 51.3 Å². The summed E-state index contributed by atoms with van der Waals surface area (Å²) in [5.41, 5.74) is 2.77. The number of benzene rings is 1. The second-order valence-electron chi connectivity index (χ2n) is 4.78. The van der Waals surface area contributed by atoms with E-state index < -0.39 is 0 Å². The highest BCUT2D eigenvalue weighted by Gasteiger charge is 2.12. The molecule has 0 saturated heterocycles. The highest BCUT2D eigenvalue weighted by molar-refractivity contribution is 5.25. The molecule has 1 rings (SSSR count). The van der Waals surface area contributed by atoms with Crippen LogP contribution in [0.2, 0.25) is 0 Å². The van der Waals surface area contributed by atoms with E-state index in [1.807, 2.05) is 6.92 Å². The zero-order valence-electron chi connectivity index (χ0n) is 12.2. The predicted molar refractivity (Wildman–Crippen MR) is 77.9 cm³/mol. The molecule has 0 aliphatic rings. The second kappa shape index (κ2) is 8.28. The van der Waals surface area contributed by atoms with Gasteiger partial charge < -0.3 is 10.1 Å². The molecule has 1 N–H and O–H groups in total. The highest BCUT2D eigenvalue weighted by atomic mass is 16.5. The third kappa shape index (κ3) is 4.79. The van der Waals surface area contributed by atoms with Gasteiger partial charge in [0.1, 0.15) is 0 Å². The normalized spacial score (nSPS) is 14.4. The molecule has 18 heavy (non-hydrogen) atoms. The summed E-state index contributed by atoms with van der Waals surface area (Å²) in [7, 11) is 0. The molecule has 1 aromatic rings. The van der Waals surface area contributed by atoms with E-state index in [9.17, 15) is 0 Å². The summed E-state index contributed by atoms with van der Waals surface area (Å²) in [5.74, 6) is 0. The van der Waals surface area contributed by atoms with Crippen molar-refractivity contribution in [3.8, 4) is 0 Å². The smallest absolute Gasteiger partial charge is 0.0616 e. The van der Waals surface area contributed by atoms with Gasteiger partial charge in [0.15, 0.2) is 0 Å². The maximum atomic E-state index is 5.45. The minimum Gasteiger partial charge on any atom is -0.380 e. The molecule has 0 fully saturated rings. The van der Waals surface area contributed by atoms with Gasteiger partial charge in [-0.2, -0.15) is 0 Å². The van der Waals surface area contributed by atoms with Gasteiger partial charge in [-0.1, -0.05) is 38.1 Å². The zero-order valence-corrected chi connectivity index (χ0v) is 12.2. The van der Waals surface area contributed by atoms with Crippen LogP contribution in [0.5, 0.6) is 0 Å². The van der Waals surface area contributed by atoms with Gasteiger partial charge in [0.05, 0.1) is 6.61 Å². The predicted octanol–water partition coefficient (Wildman–Crippen LogP) is 3.71. The van der Waals surface area contributed by atoms with Crippen molar-refractivity contribution in [2.75, 3.05) is 13.2 Å². The lowest BCUT2D eigenvalue weighted by molar-refractivity contribution is 0.123. The minimum atomic E-state index is 0.390. The van der Waals surface area contributed by atoms with Crippen LogP contribution in [0, 0.1) is 0 Å². The van der Waals surface area contributed by atoms with E-state index in [1.165, 1.54) is 11.1 Å². The number of rotatable bonds is 8. The molecule has 0 aliphatic carbocycles. The van der Waals surface area contributed by atoms with Gasteiger partial charge in [-0.05, 0) is 37.8 Å². The average Bonchev–Trinajstić information content (AvgIpc) is 2.42. The molecule has 1 aromatic carbocycles. The first kappa shape index (κ1) is 15.2. The number of aryl methyl sites for hydroxylation is 1. The first-order valence-corrected chi connectivity index (χ1v) is 7.13. The molecule has 0 radical (unpaired) electrons. The van der Waals surface area contributed by atoms with E-state index in [-0.39, 0.29) is 0 Å². The molecular formula is C16H27NO. The Kier molecular flexibility index (Phi) is 6.99. The first-order valence-electron chi connectivity index (χ1n) is 7.13. The zero-order chi connectivity index (χ0) is 13.4. The summed E-state index contributed by atoms with van der Waals surface area (Å²) in [4.78, 5) is 0. The molecule has 0 amide bonds. The average molecular weight is 249 g/mol. The Morgan fingerprint density at radius 1 is 1.11 bits per heavy atom. The van der Waals surface area contributed by atoms with E-state index in [1.54, 1.807) is 0 Å². The first-order chi connectivity index (χ1) is 8.71. The summed E-state index contributed by atoms with van der Waals surface area (Å²) in [6, 6.07) is 9.76. The highest BCUT2D eigenvalue weighted by Crippen LogP contribution is 2.18. The quantitative estimate of drug-likeness (QED) is 0.758. The molecular weight excluding hydrogens is 222 g/mol. The molecule has 0 bridgehead atoms. The summed E-state index contributed by atoms with van der Waals surface area (Å²) in [6.45, 7) is 10.2. The second-order valence-corrected chi connectivity index (χ2v) is 4.78. The van der Waals surface area contributed by atoms with Crippen LogP contribution in [0.4, 0.5) is 0 Å². The standard InChI is InChI=1S/C16H27NO/c1-5-14-8-10-15(11-9-14)16(6-2)17-13(4)12-18-7-3/h8-11,13,16-17H,5-7,12H2,1-4H3. The third-order valence-corrected chi connectivity index (χ3v) is 3.26. The lowest BCUT2D eigenvalue weighted by Crippen LogP contribution is -2.33. The molecule has 102 valence electrons. The van der Waals surface area contributed by atoms with Crippen molar-refractivity contribution in [3.63, 3.8) is 0 Å². The molecule has 2 nitrogen and oxygen atoms in total. The molecule has 0 aliphatic heterocycles. The van der Waals surface area contributed by atoms with E-state index in [0.29, 0.717) is 12.1 Å². The molecule has 2 unspecified atom stereocenters.